The molecule has 9 rings (SSSR count). The van der Waals surface area contributed by atoms with E-state index in [9.17, 15) is 0 Å². The predicted molar refractivity (Wildman–Crippen MR) is 192 cm³/mol. The van der Waals surface area contributed by atoms with Gasteiger partial charge in [0.25, 0.3) is 0 Å². The summed E-state index contributed by atoms with van der Waals surface area (Å²) in [5.74, 6) is 1.92. The van der Waals surface area contributed by atoms with Crippen LogP contribution in [0.1, 0.15) is 0 Å². The van der Waals surface area contributed by atoms with Crippen LogP contribution in [-0.4, -0.2) is 15.0 Å². The third kappa shape index (κ3) is 4.66. The Morgan fingerprint density at radius 3 is 1.47 bits per heavy atom. The number of hydrogen-bond donors (Lipinski definition) is 0. The van der Waals surface area contributed by atoms with Gasteiger partial charge in [-0.3, -0.25) is 0 Å². The second-order valence-electron chi connectivity index (χ2n) is 11.6. The van der Waals surface area contributed by atoms with E-state index in [1.54, 1.807) is 0 Å². The molecule has 0 saturated carbocycles. The zero-order chi connectivity index (χ0) is 31.2. The molecule has 0 radical (unpaired) electrons. The third-order valence-corrected chi connectivity index (χ3v) is 8.76. The number of fused-ring (bicyclic) bond motifs is 4. The maximum absolute atomic E-state index is 6.66. The van der Waals surface area contributed by atoms with Crippen LogP contribution in [0.4, 0.5) is 0 Å². The summed E-state index contributed by atoms with van der Waals surface area (Å²) >= 11 is 0. The molecule has 2 aromatic heterocycles. The summed E-state index contributed by atoms with van der Waals surface area (Å²) in [6, 6.07) is 56.2. The quantitative estimate of drug-likeness (QED) is 0.197. The van der Waals surface area contributed by atoms with Gasteiger partial charge in [-0.15, -0.1) is 0 Å². The Balaban J connectivity index is 1.25. The van der Waals surface area contributed by atoms with Gasteiger partial charge >= 0.3 is 0 Å². The standard InChI is InChI=1S/C43H27N3O/c1-4-14-28(15-5-1)31-22-13-25-38-39(31)37-24-12-23-35(40(37)47-38)34-26-27-36(33-21-11-10-20-32(33)34)43-45-41(29-16-6-2-7-17-29)44-42(46-43)30-18-8-3-9-19-30/h1-27H. The lowest BCUT2D eigenvalue weighted by molar-refractivity contribution is 0.670. The molecule has 7 aromatic carbocycles. The van der Waals surface area contributed by atoms with Crippen LogP contribution in [0, 0.1) is 0 Å². The van der Waals surface area contributed by atoms with Gasteiger partial charge in [0.1, 0.15) is 11.2 Å². The minimum Gasteiger partial charge on any atom is -0.455 e. The van der Waals surface area contributed by atoms with Gasteiger partial charge in [0.15, 0.2) is 17.5 Å². The van der Waals surface area contributed by atoms with E-state index in [-0.39, 0.29) is 0 Å². The molecule has 4 heteroatoms. The van der Waals surface area contributed by atoms with Crippen LogP contribution in [0.3, 0.4) is 0 Å². The van der Waals surface area contributed by atoms with Crippen molar-refractivity contribution in [3.05, 3.63) is 164 Å². The summed E-state index contributed by atoms with van der Waals surface area (Å²) in [4.78, 5) is 15.0. The first-order valence-corrected chi connectivity index (χ1v) is 15.7. The molecule has 9 aromatic rings. The van der Waals surface area contributed by atoms with Crippen molar-refractivity contribution in [1.29, 1.82) is 0 Å². The fraction of sp³-hybridized carbons (Fsp3) is 0. The Bertz CT molecular complexity index is 2500. The minimum atomic E-state index is 0.634. The molecular formula is C43H27N3O. The highest BCUT2D eigenvalue weighted by Crippen LogP contribution is 2.43. The summed E-state index contributed by atoms with van der Waals surface area (Å²) < 4.78 is 6.66. The number of aromatic nitrogens is 3. The lowest BCUT2D eigenvalue weighted by Gasteiger charge is -2.13. The van der Waals surface area contributed by atoms with Crippen molar-refractivity contribution >= 4 is 32.7 Å². The van der Waals surface area contributed by atoms with Crippen molar-refractivity contribution in [2.45, 2.75) is 0 Å². The smallest absolute Gasteiger partial charge is 0.164 e. The summed E-state index contributed by atoms with van der Waals surface area (Å²) in [6.07, 6.45) is 0. The van der Waals surface area contributed by atoms with E-state index in [2.05, 4.69) is 97.1 Å². The first kappa shape index (κ1) is 27.0. The molecule has 0 unspecified atom stereocenters. The van der Waals surface area contributed by atoms with Gasteiger partial charge in [-0.05, 0) is 39.6 Å². The maximum atomic E-state index is 6.66. The fourth-order valence-electron chi connectivity index (χ4n) is 6.58. The van der Waals surface area contributed by atoms with Crippen LogP contribution in [-0.2, 0) is 0 Å². The largest absolute Gasteiger partial charge is 0.455 e. The van der Waals surface area contributed by atoms with Crippen molar-refractivity contribution in [2.24, 2.45) is 0 Å². The number of furan rings is 1. The molecule has 0 spiro atoms. The van der Waals surface area contributed by atoms with Crippen molar-refractivity contribution in [2.75, 3.05) is 0 Å². The molecule has 0 aliphatic rings. The summed E-state index contributed by atoms with van der Waals surface area (Å²) in [5.41, 5.74) is 9.07. The molecule has 0 atom stereocenters. The van der Waals surface area contributed by atoms with Crippen molar-refractivity contribution in [3.63, 3.8) is 0 Å². The molecule has 0 fully saturated rings. The number of nitrogens with zero attached hydrogens (tertiary/aromatic N) is 3. The lowest BCUT2D eigenvalue weighted by Crippen LogP contribution is -2.00. The van der Waals surface area contributed by atoms with E-state index in [1.165, 1.54) is 5.56 Å². The van der Waals surface area contributed by atoms with Crippen molar-refractivity contribution in [3.8, 4) is 56.4 Å². The first-order chi connectivity index (χ1) is 23.3. The monoisotopic (exact) mass is 601 g/mol. The average molecular weight is 602 g/mol. The number of rotatable bonds is 5. The second kappa shape index (κ2) is 11.2. The van der Waals surface area contributed by atoms with Gasteiger partial charge in [0, 0.05) is 33.0 Å². The molecule has 4 nitrogen and oxygen atoms in total. The highest BCUT2D eigenvalue weighted by molar-refractivity contribution is 6.17. The number of hydrogen-bond acceptors (Lipinski definition) is 4. The van der Waals surface area contributed by atoms with Crippen LogP contribution >= 0.6 is 0 Å². The molecule has 0 amide bonds. The molecule has 2 heterocycles. The van der Waals surface area contributed by atoms with Gasteiger partial charge < -0.3 is 4.42 Å². The third-order valence-electron chi connectivity index (χ3n) is 8.76. The Morgan fingerprint density at radius 1 is 0.319 bits per heavy atom. The molecule has 220 valence electrons. The molecule has 0 saturated heterocycles. The van der Waals surface area contributed by atoms with Crippen LogP contribution in [0.15, 0.2) is 168 Å². The van der Waals surface area contributed by atoms with Crippen molar-refractivity contribution < 1.29 is 4.42 Å². The highest BCUT2D eigenvalue weighted by Gasteiger charge is 2.19. The van der Waals surface area contributed by atoms with E-state index < -0.39 is 0 Å². The predicted octanol–water partition coefficient (Wildman–Crippen LogP) is 11.3. The zero-order valence-corrected chi connectivity index (χ0v) is 25.3. The molecule has 47 heavy (non-hydrogen) atoms. The first-order valence-electron chi connectivity index (χ1n) is 15.7. The average Bonchev–Trinajstić information content (AvgIpc) is 3.55. The number of para-hydroxylation sites is 1. The van der Waals surface area contributed by atoms with E-state index in [4.69, 9.17) is 19.4 Å². The zero-order valence-electron chi connectivity index (χ0n) is 25.3. The summed E-state index contributed by atoms with van der Waals surface area (Å²) in [7, 11) is 0. The lowest BCUT2D eigenvalue weighted by atomic mass is 9.93. The van der Waals surface area contributed by atoms with Gasteiger partial charge in [0.2, 0.25) is 0 Å². The van der Waals surface area contributed by atoms with E-state index in [0.717, 1.165) is 66.1 Å². The molecule has 0 bridgehead atoms. The Labute approximate surface area is 271 Å². The Kier molecular flexibility index (Phi) is 6.43. The summed E-state index contributed by atoms with van der Waals surface area (Å²) in [6.45, 7) is 0. The van der Waals surface area contributed by atoms with Crippen LogP contribution in [0.5, 0.6) is 0 Å². The second-order valence-corrected chi connectivity index (χ2v) is 11.6. The van der Waals surface area contributed by atoms with E-state index >= 15 is 0 Å². The molecule has 0 aliphatic carbocycles. The van der Waals surface area contributed by atoms with E-state index in [0.29, 0.717) is 17.5 Å². The highest BCUT2D eigenvalue weighted by atomic mass is 16.3. The summed E-state index contributed by atoms with van der Waals surface area (Å²) in [5, 5.41) is 4.39. The van der Waals surface area contributed by atoms with Crippen LogP contribution < -0.4 is 0 Å². The molecule has 0 aliphatic heterocycles. The Morgan fingerprint density at radius 2 is 0.809 bits per heavy atom. The number of benzene rings is 7. The van der Waals surface area contributed by atoms with Gasteiger partial charge in [-0.2, -0.15) is 0 Å². The fourth-order valence-corrected chi connectivity index (χ4v) is 6.58. The van der Waals surface area contributed by atoms with Gasteiger partial charge in [0.05, 0.1) is 0 Å². The minimum absolute atomic E-state index is 0.634. The topological polar surface area (TPSA) is 51.8 Å². The maximum Gasteiger partial charge on any atom is 0.164 e. The SMILES string of the molecule is c1ccc(-c2nc(-c3ccccc3)nc(-c3ccc(-c4cccc5c4oc4cccc(-c6ccccc6)c45)c4ccccc34)n2)cc1. The van der Waals surface area contributed by atoms with Crippen LogP contribution in [0.25, 0.3) is 89.1 Å². The normalized spacial score (nSPS) is 11.4. The van der Waals surface area contributed by atoms with Gasteiger partial charge in [-0.1, -0.05) is 152 Å². The molecule has 0 N–H and O–H groups in total. The Hall–Kier alpha value is -6.39. The van der Waals surface area contributed by atoms with Gasteiger partial charge in [-0.25, -0.2) is 15.0 Å². The van der Waals surface area contributed by atoms with E-state index in [1.807, 2.05) is 66.7 Å². The van der Waals surface area contributed by atoms with Crippen LogP contribution in [0.2, 0.25) is 0 Å². The van der Waals surface area contributed by atoms with Crippen molar-refractivity contribution in [1.82, 2.24) is 15.0 Å². The molecular weight excluding hydrogens is 574 g/mol.